The van der Waals surface area contributed by atoms with Crippen LogP contribution in [0.2, 0.25) is 0 Å². The van der Waals surface area contributed by atoms with Gasteiger partial charge in [-0.3, -0.25) is 10.0 Å². The zero-order chi connectivity index (χ0) is 35.3. The molecule has 5 N–H and O–H groups in total. The number of rotatable bonds is 15. The van der Waals surface area contributed by atoms with Gasteiger partial charge in [-0.1, -0.05) is 44.9 Å². The number of ether oxygens (including phenoxy) is 2. The van der Waals surface area contributed by atoms with E-state index in [1.807, 2.05) is 37.6 Å². The molecule has 0 fully saturated rings. The molecule has 264 valence electrons. The number of aromatic nitrogens is 3. The summed E-state index contributed by atoms with van der Waals surface area (Å²) in [7, 11) is -1.68. The summed E-state index contributed by atoms with van der Waals surface area (Å²) in [5.74, 6) is 0.921. The number of anilines is 4. The van der Waals surface area contributed by atoms with Crippen LogP contribution in [0.4, 0.5) is 23.5 Å². The molecule has 0 bridgehead atoms. The first-order chi connectivity index (χ1) is 22.1. The number of nitrogens with one attached hydrogen (secondary N) is 2. The Morgan fingerprint density at radius 3 is 1.72 bits per heavy atom. The predicted molar refractivity (Wildman–Crippen MR) is 202 cm³/mol. The normalized spacial score (nSPS) is 11.5. The number of carbonyl (C=O) groups excluding carboxylic acids is 2. The van der Waals surface area contributed by atoms with Crippen molar-refractivity contribution in [3.63, 3.8) is 0 Å². The summed E-state index contributed by atoms with van der Waals surface area (Å²) in [6.45, 7) is 5.67. The first kappa shape index (κ1) is 41.5. The van der Waals surface area contributed by atoms with E-state index in [0.29, 0.717) is 48.5 Å². The van der Waals surface area contributed by atoms with Crippen molar-refractivity contribution in [2.24, 2.45) is 0 Å². The molecule has 0 spiro atoms. The second kappa shape index (κ2) is 22.1. The van der Waals surface area contributed by atoms with E-state index in [1.54, 1.807) is 36.4 Å². The fourth-order valence-electron chi connectivity index (χ4n) is 3.33. The minimum absolute atomic E-state index is 0.0919. The van der Waals surface area contributed by atoms with Gasteiger partial charge in [0.1, 0.15) is 0 Å². The largest absolute Gasteiger partial charge is 0.462 e. The number of nitrogen functional groups attached to an aromatic ring is 1. The van der Waals surface area contributed by atoms with Gasteiger partial charge in [-0.05, 0) is 98.9 Å². The maximum absolute atomic E-state index is 12.0. The van der Waals surface area contributed by atoms with Crippen LogP contribution >= 0.6 is 20.3 Å². The number of hydrogen-bond acceptors (Lipinski definition) is 11. The molecule has 0 aliphatic heterocycles. The molecule has 13 heteroatoms. The molecule has 0 saturated carbocycles. The second-order valence-corrected chi connectivity index (χ2v) is 20.6. The van der Waals surface area contributed by atoms with Crippen molar-refractivity contribution in [2.45, 2.75) is 46.0 Å². The Labute approximate surface area is 284 Å². The third-order valence-corrected chi connectivity index (χ3v) is 6.89. The Morgan fingerprint density at radius 2 is 1.23 bits per heavy atom. The van der Waals surface area contributed by atoms with Gasteiger partial charge in [-0.25, -0.2) is 9.59 Å². The fourth-order valence-corrected chi connectivity index (χ4v) is 4.18. The van der Waals surface area contributed by atoms with Crippen molar-refractivity contribution >= 4 is 55.8 Å². The molecule has 0 aliphatic rings. The standard InChI is InChI=1S/C19H30N6O3S.C11H14O2.C4H12S/c1-4-5-12-28-16(26)14-7-9-15(10-8-14)22-19-24-17(20)23-18(25-19)21-11-6-13-29(2,3)27;1-2-3-9-13-11(12)10-7-5-4-6-8-10;1-5(2,3)4/h7-10,27H,4-6,11-13H2,1-3H3,(H4,20,21,22,23,24,25);4-8H,2-3,9H2,1H3;1-4H3. The Kier molecular flexibility index (Phi) is 19.5. The number of unbranched alkanes of at least 4 members (excludes halogenated alkanes) is 2. The molecule has 47 heavy (non-hydrogen) atoms. The van der Waals surface area contributed by atoms with Gasteiger partial charge in [0.15, 0.2) is 0 Å². The van der Waals surface area contributed by atoms with Crippen molar-refractivity contribution in [3.05, 3.63) is 65.7 Å². The second-order valence-electron chi connectivity index (χ2n) is 12.3. The third-order valence-electron chi connectivity index (χ3n) is 5.60. The van der Waals surface area contributed by atoms with E-state index in [2.05, 4.69) is 57.5 Å². The molecule has 0 atom stereocenters. The molecule has 3 aromatic rings. The maximum atomic E-state index is 12.0. The van der Waals surface area contributed by atoms with Crippen molar-refractivity contribution in [3.8, 4) is 0 Å². The van der Waals surface area contributed by atoms with Gasteiger partial charge in [-0.15, -0.1) is 10.3 Å². The third kappa shape index (κ3) is 21.8. The van der Waals surface area contributed by atoms with E-state index in [0.717, 1.165) is 37.9 Å². The number of nitrogens with two attached hydrogens (primary N) is 1. The highest BCUT2D eigenvalue weighted by molar-refractivity contribution is 8.31. The monoisotopic (exact) mass is 692 g/mol. The summed E-state index contributed by atoms with van der Waals surface area (Å²) in [4.78, 5) is 35.7. The Bertz CT molecular complexity index is 1310. The van der Waals surface area contributed by atoms with Crippen LogP contribution in [-0.4, -0.2) is 94.5 Å². The number of hydrogen-bond donors (Lipinski definition) is 4. The topological polar surface area (TPSA) is 162 Å². The Balaban J connectivity index is 0.000000504. The van der Waals surface area contributed by atoms with Crippen molar-refractivity contribution in [1.82, 2.24) is 15.0 Å². The summed E-state index contributed by atoms with van der Waals surface area (Å²) in [6.07, 6.45) is 17.4. The first-order valence-electron chi connectivity index (χ1n) is 15.7. The highest BCUT2D eigenvalue weighted by atomic mass is 32.3. The summed E-state index contributed by atoms with van der Waals surface area (Å²) < 4.78 is 20.1. The summed E-state index contributed by atoms with van der Waals surface area (Å²) in [5, 5.41) is 6.14. The Hall–Kier alpha value is -3.55. The minimum atomic E-state index is -1.52. The maximum Gasteiger partial charge on any atom is 0.338 e. The number of esters is 2. The number of nitrogens with zero attached hydrogens (tertiary/aromatic N) is 3. The Morgan fingerprint density at radius 1 is 0.745 bits per heavy atom. The lowest BCUT2D eigenvalue weighted by molar-refractivity contribution is 0.0490. The van der Waals surface area contributed by atoms with E-state index in [1.165, 1.54) is 0 Å². The molecule has 0 aliphatic carbocycles. The molecular formula is C34H56N6O5S2. The highest BCUT2D eigenvalue weighted by Gasteiger charge is 2.10. The zero-order valence-corrected chi connectivity index (χ0v) is 31.0. The molecule has 0 unspecified atom stereocenters. The van der Waals surface area contributed by atoms with E-state index in [9.17, 15) is 14.1 Å². The SMILES string of the molecule is CCCCOC(=O)c1ccc(Nc2nc(N)nc(NCCCS(C)(C)O)n2)cc1.CCCCOC(=O)c1ccccc1.CS(C)(C)C. The lowest BCUT2D eigenvalue weighted by atomic mass is 10.2. The van der Waals surface area contributed by atoms with Gasteiger partial charge < -0.3 is 30.4 Å². The van der Waals surface area contributed by atoms with E-state index in [4.69, 9.17) is 15.2 Å². The van der Waals surface area contributed by atoms with E-state index in [-0.39, 0.29) is 27.9 Å². The molecule has 3 rings (SSSR count). The molecular weight excluding hydrogens is 637 g/mol. The van der Waals surface area contributed by atoms with Crippen LogP contribution in [0, 0.1) is 0 Å². The minimum Gasteiger partial charge on any atom is -0.462 e. The lowest BCUT2D eigenvalue weighted by Gasteiger charge is -2.22. The molecule has 11 nitrogen and oxygen atoms in total. The summed E-state index contributed by atoms with van der Waals surface area (Å²) in [6, 6.07) is 15.9. The predicted octanol–water partition coefficient (Wildman–Crippen LogP) is 7.45. The summed E-state index contributed by atoms with van der Waals surface area (Å²) in [5.41, 5.74) is 7.58. The fraction of sp³-hybridized carbons (Fsp3) is 0.500. The number of carbonyl (C=O) groups is 2. The van der Waals surface area contributed by atoms with Gasteiger partial charge in [-0.2, -0.15) is 15.0 Å². The molecule has 0 amide bonds. The van der Waals surface area contributed by atoms with Crippen molar-refractivity contribution < 1.29 is 23.6 Å². The van der Waals surface area contributed by atoms with Crippen LogP contribution in [-0.2, 0) is 9.47 Å². The zero-order valence-electron chi connectivity index (χ0n) is 29.4. The van der Waals surface area contributed by atoms with Crippen LogP contribution in [0.15, 0.2) is 54.6 Å². The van der Waals surface area contributed by atoms with Crippen LogP contribution in [0.3, 0.4) is 0 Å². The number of benzene rings is 2. The van der Waals surface area contributed by atoms with Crippen molar-refractivity contribution in [2.75, 3.05) is 79.4 Å². The highest BCUT2D eigenvalue weighted by Crippen LogP contribution is 2.34. The molecule has 1 heterocycles. The van der Waals surface area contributed by atoms with Gasteiger partial charge in [0.05, 0.1) is 24.3 Å². The van der Waals surface area contributed by atoms with Crippen molar-refractivity contribution in [1.29, 1.82) is 0 Å². The molecule has 0 radical (unpaired) electrons. The molecule has 0 saturated heterocycles. The van der Waals surface area contributed by atoms with Crippen LogP contribution < -0.4 is 16.4 Å². The molecule has 1 aromatic heterocycles. The van der Waals surface area contributed by atoms with Gasteiger partial charge in [0, 0.05) is 12.2 Å². The van der Waals surface area contributed by atoms with E-state index >= 15 is 0 Å². The average molecular weight is 693 g/mol. The van der Waals surface area contributed by atoms with Gasteiger partial charge in [0.2, 0.25) is 17.8 Å². The first-order valence-corrected chi connectivity index (χ1v) is 21.5. The average Bonchev–Trinajstić information content (AvgIpc) is 2.99. The quantitative estimate of drug-likeness (QED) is 0.0925. The van der Waals surface area contributed by atoms with E-state index < -0.39 is 10.3 Å². The summed E-state index contributed by atoms with van der Waals surface area (Å²) >= 11 is 0. The lowest BCUT2D eigenvalue weighted by Crippen LogP contribution is -2.12. The van der Waals surface area contributed by atoms with Crippen LogP contribution in [0.5, 0.6) is 0 Å². The van der Waals surface area contributed by atoms with Crippen LogP contribution in [0.1, 0.15) is 66.7 Å². The smallest absolute Gasteiger partial charge is 0.338 e. The van der Waals surface area contributed by atoms with Gasteiger partial charge >= 0.3 is 11.9 Å². The van der Waals surface area contributed by atoms with Crippen LogP contribution in [0.25, 0.3) is 0 Å². The molecule has 2 aromatic carbocycles. The van der Waals surface area contributed by atoms with Gasteiger partial charge in [0.25, 0.3) is 0 Å².